The number of benzene rings is 2. The van der Waals surface area contributed by atoms with Gasteiger partial charge in [-0.1, -0.05) is 17.7 Å². The average molecular weight is 494 g/mol. The monoisotopic (exact) mass is 493 g/mol. The molecule has 8 nitrogen and oxygen atoms in total. The number of aromatic nitrogens is 3. The van der Waals surface area contributed by atoms with E-state index in [1.807, 2.05) is 4.90 Å². The maximum absolute atomic E-state index is 13.0. The summed E-state index contributed by atoms with van der Waals surface area (Å²) in [6, 6.07) is 10.5. The fraction of sp³-hybridized carbons (Fsp3) is 0.318. The van der Waals surface area contributed by atoms with Gasteiger partial charge in [-0.25, -0.2) is 0 Å². The van der Waals surface area contributed by atoms with Crippen molar-refractivity contribution >= 4 is 34.9 Å². The van der Waals surface area contributed by atoms with Crippen molar-refractivity contribution in [2.24, 2.45) is 0 Å². The highest BCUT2D eigenvalue weighted by Crippen LogP contribution is 2.32. The maximum atomic E-state index is 13.0. The standard InChI is InChI=1S/C22H23ClF3N7O/c1-34-18-6-5-15(23)12-17(18)28-21-30-19(29-20(27)31-21)13-32-7-9-33(10-8-32)16-4-2-3-14(11-16)22(24,25)26/h2-6,11-12H,7-10,13H2,1H3,(H3,27,28,29,30,31). The molecule has 0 radical (unpaired) electrons. The molecule has 3 N–H and O–H groups in total. The first kappa shape index (κ1) is 23.8. The number of anilines is 4. The van der Waals surface area contributed by atoms with Crippen LogP contribution in [0.15, 0.2) is 42.5 Å². The Morgan fingerprint density at radius 2 is 1.82 bits per heavy atom. The third-order valence-corrected chi connectivity index (χ3v) is 5.62. The largest absolute Gasteiger partial charge is 0.495 e. The van der Waals surface area contributed by atoms with Crippen molar-refractivity contribution in [1.82, 2.24) is 19.9 Å². The van der Waals surface area contributed by atoms with E-state index in [4.69, 9.17) is 22.1 Å². The predicted molar refractivity (Wildman–Crippen MR) is 124 cm³/mol. The van der Waals surface area contributed by atoms with Crippen LogP contribution in [-0.2, 0) is 12.7 Å². The van der Waals surface area contributed by atoms with Gasteiger partial charge in [0, 0.05) is 36.9 Å². The number of hydrogen-bond acceptors (Lipinski definition) is 8. The zero-order valence-electron chi connectivity index (χ0n) is 18.3. The van der Waals surface area contributed by atoms with Crippen molar-refractivity contribution in [1.29, 1.82) is 0 Å². The number of nitrogens with one attached hydrogen (secondary N) is 1. The summed E-state index contributed by atoms with van der Waals surface area (Å²) in [6.07, 6.45) is -4.36. The number of ether oxygens (including phenoxy) is 1. The van der Waals surface area contributed by atoms with Crippen LogP contribution in [0, 0.1) is 0 Å². The van der Waals surface area contributed by atoms with Crippen LogP contribution in [0.3, 0.4) is 0 Å². The van der Waals surface area contributed by atoms with E-state index >= 15 is 0 Å². The van der Waals surface area contributed by atoms with Crippen molar-refractivity contribution in [2.45, 2.75) is 12.7 Å². The van der Waals surface area contributed by atoms with E-state index in [1.54, 1.807) is 31.4 Å². The van der Waals surface area contributed by atoms with Gasteiger partial charge in [0.2, 0.25) is 11.9 Å². The Balaban J connectivity index is 1.41. The predicted octanol–water partition coefficient (Wildman–Crippen LogP) is 4.20. The molecule has 0 aliphatic carbocycles. The molecule has 0 bridgehead atoms. The van der Waals surface area contributed by atoms with Gasteiger partial charge in [0.05, 0.1) is 24.9 Å². The number of nitrogens with two attached hydrogens (primary N) is 1. The zero-order chi connectivity index (χ0) is 24.3. The SMILES string of the molecule is COc1ccc(Cl)cc1Nc1nc(N)nc(CN2CCN(c3cccc(C(F)(F)F)c3)CC2)n1. The Morgan fingerprint density at radius 1 is 1.06 bits per heavy atom. The summed E-state index contributed by atoms with van der Waals surface area (Å²) in [5.74, 6) is 1.36. The molecule has 1 aliphatic rings. The van der Waals surface area contributed by atoms with Crippen molar-refractivity contribution < 1.29 is 17.9 Å². The van der Waals surface area contributed by atoms with E-state index in [0.717, 1.165) is 6.07 Å². The molecule has 12 heteroatoms. The molecule has 0 spiro atoms. The van der Waals surface area contributed by atoms with E-state index in [0.29, 0.717) is 60.7 Å². The van der Waals surface area contributed by atoms with Crippen LogP contribution < -0.4 is 20.7 Å². The van der Waals surface area contributed by atoms with E-state index < -0.39 is 11.7 Å². The molecule has 1 aliphatic heterocycles. The fourth-order valence-corrected chi connectivity index (χ4v) is 3.88. The summed E-state index contributed by atoms with van der Waals surface area (Å²) in [5.41, 5.74) is 6.38. The van der Waals surface area contributed by atoms with Crippen LogP contribution >= 0.6 is 11.6 Å². The van der Waals surface area contributed by atoms with Crippen LogP contribution in [0.2, 0.25) is 5.02 Å². The summed E-state index contributed by atoms with van der Waals surface area (Å²) in [4.78, 5) is 16.9. The van der Waals surface area contributed by atoms with Gasteiger partial charge in [0.1, 0.15) is 11.6 Å². The molecule has 0 atom stereocenters. The molecule has 2 heterocycles. The first-order valence-electron chi connectivity index (χ1n) is 10.5. The van der Waals surface area contributed by atoms with Gasteiger partial charge in [0.25, 0.3) is 0 Å². The topological polar surface area (TPSA) is 92.4 Å². The van der Waals surface area contributed by atoms with E-state index in [1.165, 1.54) is 12.1 Å². The maximum Gasteiger partial charge on any atom is 0.416 e. The smallest absolute Gasteiger partial charge is 0.416 e. The first-order valence-corrected chi connectivity index (χ1v) is 10.8. The Labute approximate surface area is 199 Å². The number of piperazine rings is 1. The molecule has 34 heavy (non-hydrogen) atoms. The molecular formula is C22H23ClF3N7O. The zero-order valence-corrected chi connectivity index (χ0v) is 19.1. The molecular weight excluding hydrogens is 471 g/mol. The van der Waals surface area contributed by atoms with Crippen LogP contribution in [0.5, 0.6) is 5.75 Å². The van der Waals surface area contributed by atoms with Crippen molar-refractivity contribution in [3.63, 3.8) is 0 Å². The molecule has 0 amide bonds. The summed E-state index contributed by atoms with van der Waals surface area (Å²) in [5, 5.41) is 3.58. The van der Waals surface area contributed by atoms with Gasteiger partial charge in [-0.3, -0.25) is 4.90 Å². The van der Waals surface area contributed by atoms with E-state index in [2.05, 4.69) is 25.2 Å². The minimum absolute atomic E-state index is 0.0658. The highest BCUT2D eigenvalue weighted by atomic mass is 35.5. The van der Waals surface area contributed by atoms with Crippen molar-refractivity contribution in [3.8, 4) is 5.75 Å². The summed E-state index contributed by atoms with van der Waals surface area (Å²) >= 11 is 6.08. The van der Waals surface area contributed by atoms with Gasteiger partial charge in [-0.15, -0.1) is 0 Å². The van der Waals surface area contributed by atoms with Gasteiger partial charge in [0.15, 0.2) is 0 Å². The molecule has 0 unspecified atom stereocenters. The Hall–Kier alpha value is -3.31. The number of nitrogens with zero attached hydrogens (tertiary/aromatic N) is 5. The minimum atomic E-state index is -4.36. The van der Waals surface area contributed by atoms with Crippen molar-refractivity contribution in [2.75, 3.05) is 49.2 Å². The lowest BCUT2D eigenvalue weighted by atomic mass is 10.1. The van der Waals surface area contributed by atoms with Crippen LogP contribution in [0.25, 0.3) is 0 Å². The number of alkyl halides is 3. The third-order valence-electron chi connectivity index (χ3n) is 5.38. The normalized spacial score (nSPS) is 14.8. The van der Waals surface area contributed by atoms with Gasteiger partial charge in [-0.2, -0.15) is 28.1 Å². The molecule has 1 aromatic heterocycles. The summed E-state index contributed by atoms with van der Waals surface area (Å²) in [7, 11) is 1.54. The lowest BCUT2D eigenvalue weighted by Crippen LogP contribution is -2.46. The van der Waals surface area contributed by atoms with Gasteiger partial charge in [-0.05, 0) is 36.4 Å². The highest BCUT2D eigenvalue weighted by Gasteiger charge is 2.31. The number of rotatable bonds is 6. The quantitative estimate of drug-likeness (QED) is 0.528. The molecule has 180 valence electrons. The van der Waals surface area contributed by atoms with Crippen LogP contribution in [0.4, 0.5) is 36.4 Å². The Morgan fingerprint density at radius 3 is 2.53 bits per heavy atom. The second-order valence-electron chi connectivity index (χ2n) is 7.71. The minimum Gasteiger partial charge on any atom is -0.495 e. The molecule has 4 rings (SSSR count). The fourth-order valence-electron chi connectivity index (χ4n) is 3.71. The number of methoxy groups -OCH3 is 1. The molecule has 1 saturated heterocycles. The van der Waals surface area contributed by atoms with Crippen LogP contribution in [-0.4, -0.2) is 53.1 Å². The highest BCUT2D eigenvalue weighted by molar-refractivity contribution is 6.31. The summed E-state index contributed by atoms with van der Waals surface area (Å²) < 4.78 is 44.4. The Bertz CT molecular complexity index is 1150. The number of halogens is 4. The second kappa shape index (κ2) is 9.90. The van der Waals surface area contributed by atoms with E-state index in [9.17, 15) is 13.2 Å². The van der Waals surface area contributed by atoms with Gasteiger partial charge < -0.3 is 20.7 Å². The first-order chi connectivity index (χ1) is 16.2. The molecule has 2 aromatic carbocycles. The average Bonchev–Trinajstić information content (AvgIpc) is 2.79. The lowest BCUT2D eigenvalue weighted by Gasteiger charge is -2.36. The Kier molecular flexibility index (Phi) is 6.94. The summed E-state index contributed by atoms with van der Waals surface area (Å²) in [6.45, 7) is 2.84. The third kappa shape index (κ3) is 5.78. The molecule has 1 fully saturated rings. The lowest BCUT2D eigenvalue weighted by molar-refractivity contribution is -0.137. The van der Waals surface area contributed by atoms with Gasteiger partial charge >= 0.3 is 6.18 Å². The molecule has 3 aromatic rings. The number of hydrogen-bond donors (Lipinski definition) is 2. The van der Waals surface area contributed by atoms with E-state index in [-0.39, 0.29) is 11.9 Å². The molecule has 0 saturated carbocycles. The number of nitrogen functional groups attached to an aromatic ring is 1. The van der Waals surface area contributed by atoms with Crippen LogP contribution in [0.1, 0.15) is 11.4 Å². The van der Waals surface area contributed by atoms with Crippen molar-refractivity contribution in [3.05, 3.63) is 58.9 Å². The second-order valence-corrected chi connectivity index (χ2v) is 8.15.